The van der Waals surface area contributed by atoms with Crippen LogP contribution in [0.3, 0.4) is 0 Å². The summed E-state index contributed by atoms with van der Waals surface area (Å²) in [6, 6.07) is 8.65. The average Bonchev–Trinajstić information content (AvgIpc) is 3.17. The van der Waals surface area contributed by atoms with Gasteiger partial charge in [0, 0.05) is 24.8 Å². The van der Waals surface area contributed by atoms with Crippen molar-refractivity contribution in [1.82, 2.24) is 9.97 Å². The van der Waals surface area contributed by atoms with Crippen LogP contribution < -0.4 is 0 Å². The highest BCUT2D eigenvalue weighted by Crippen LogP contribution is 2.23. The molecule has 0 spiro atoms. The molecule has 20 heavy (non-hydrogen) atoms. The lowest BCUT2D eigenvalue weighted by Crippen LogP contribution is -2.27. The second kappa shape index (κ2) is 6.37. The molecule has 0 aromatic carbocycles. The monoisotopic (exact) mass is 268 g/mol. The van der Waals surface area contributed by atoms with Crippen LogP contribution in [0.25, 0.3) is 0 Å². The van der Waals surface area contributed by atoms with Gasteiger partial charge in [0.25, 0.3) is 0 Å². The Morgan fingerprint density at radius 2 is 1.35 bits per heavy atom. The molecular weight excluding hydrogens is 248 g/mol. The van der Waals surface area contributed by atoms with Gasteiger partial charge in [-0.25, -0.2) is 0 Å². The van der Waals surface area contributed by atoms with Crippen molar-refractivity contribution >= 4 is 12.4 Å². The van der Waals surface area contributed by atoms with Crippen LogP contribution in [-0.4, -0.2) is 34.5 Å². The first kappa shape index (κ1) is 12.9. The van der Waals surface area contributed by atoms with Crippen molar-refractivity contribution in [1.29, 1.82) is 0 Å². The van der Waals surface area contributed by atoms with E-state index in [1.165, 1.54) is 12.8 Å². The van der Waals surface area contributed by atoms with Crippen molar-refractivity contribution in [2.24, 2.45) is 9.98 Å². The van der Waals surface area contributed by atoms with E-state index in [1.807, 2.05) is 49.1 Å². The van der Waals surface area contributed by atoms with Crippen molar-refractivity contribution in [2.75, 3.05) is 0 Å². The fraction of sp³-hybridized carbons (Fsp3) is 0.375. The molecule has 1 aliphatic carbocycles. The van der Waals surface area contributed by atoms with E-state index in [2.05, 4.69) is 9.97 Å². The summed E-state index contributed by atoms with van der Waals surface area (Å²) in [5, 5.41) is 0. The fourth-order valence-electron chi connectivity index (χ4n) is 2.64. The van der Waals surface area contributed by atoms with Crippen LogP contribution in [0.15, 0.2) is 46.6 Å². The molecule has 0 bridgehead atoms. The Morgan fingerprint density at radius 3 is 1.75 bits per heavy atom. The first-order chi connectivity index (χ1) is 9.92. The van der Waals surface area contributed by atoms with Crippen molar-refractivity contribution in [2.45, 2.75) is 37.8 Å². The highest BCUT2D eigenvalue weighted by molar-refractivity contribution is 5.78. The van der Waals surface area contributed by atoms with Crippen molar-refractivity contribution in [3.63, 3.8) is 0 Å². The summed E-state index contributed by atoms with van der Waals surface area (Å²) < 4.78 is 0. The molecule has 1 saturated carbocycles. The van der Waals surface area contributed by atoms with E-state index in [-0.39, 0.29) is 0 Å². The van der Waals surface area contributed by atoms with E-state index in [0.29, 0.717) is 12.1 Å². The van der Waals surface area contributed by atoms with Crippen LogP contribution in [0, 0.1) is 0 Å². The second-order valence-electron chi connectivity index (χ2n) is 5.23. The van der Waals surface area contributed by atoms with E-state index in [1.54, 1.807) is 0 Å². The van der Waals surface area contributed by atoms with Gasteiger partial charge in [-0.1, -0.05) is 12.8 Å². The predicted octanol–water partition coefficient (Wildman–Crippen LogP) is 3.19. The number of hydrogen-bond acceptors (Lipinski definition) is 2. The molecule has 1 aliphatic rings. The third-order valence-electron chi connectivity index (χ3n) is 3.75. The molecule has 0 amide bonds. The van der Waals surface area contributed by atoms with Crippen LogP contribution in [0.5, 0.6) is 0 Å². The maximum Gasteiger partial charge on any atom is 0.0723 e. The summed E-state index contributed by atoms with van der Waals surface area (Å²) >= 11 is 0. The number of H-pyrrole nitrogens is 2. The summed E-state index contributed by atoms with van der Waals surface area (Å²) in [6.45, 7) is 0. The molecule has 2 aromatic rings. The molecule has 0 unspecified atom stereocenters. The Labute approximate surface area is 119 Å². The van der Waals surface area contributed by atoms with Gasteiger partial charge in [0.2, 0.25) is 0 Å². The molecular formula is C16H20N4. The molecule has 2 heterocycles. The molecule has 2 aromatic heterocycles. The zero-order valence-corrected chi connectivity index (χ0v) is 11.5. The third kappa shape index (κ3) is 3.26. The van der Waals surface area contributed by atoms with Crippen LogP contribution in [0.2, 0.25) is 0 Å². The lowest BCUT2D eigenvalue weighted by Gasteiger charge is -2.25. The number of aliphatic imine (C=N–C) groups is 2. The number of hydrogen-bond donors (Lipinski definition) is 2. The molecule has 0 radical (unpaired) electrons. The second-order valence-corrected chi connectivity index (χ2v) is 5.23. The summed E-state index contributed by atoms with van der Waals surface area (Å²) in [7, 11) is 0. The minimum atomic E-state index is 0.304. The maximum atomic E-state index is 4.73. The Bertz CT molecular complexity index is 499. The summed E-state index contributed by atoms with van der Waals surface area (Å²) in [4.78, 5) is 15.8. The summed E-state index contributed by atoms with van der Waals surface area (Å²) in [6.07, 6.45) is 12.5. The van der Waals surface area contributed by atoms with Gasteiger partial charge in [-0.3, -0.25) is 9.98 Å². The van der Waals surface area contributed by atoms with Gasteiger partial charge in [-0.15, -0.1) is 0 Å². The topological polar surface area (TPSA) is 56.3 Å². The van der Waals surface area contributed by atoms with Gasteiger partial charge < -0.3 is 9.97 Å². The van der Waals surface area contributed by atoms with Gasteiger partial charge in [-0.05, 0) is 37.1 Å². The fourth-order valence-corrected chi connectivity index (χ4v) is 2.64. The van der Waals surface area contributed by atoms with Gasteiger partial charge in [-0.2, -0.15) is 0 Å². The number of rotatable bonds is 4. The molecule has 2 N–H and O–H groups in total. The van der Waals surface area contributed by atoms with Crippen molar-refractivity contribution in [3.05, 3.63) is 48.0 Å². The van der Waals surface area contributed by atoms with E-state index in [4.69, 9.17) is 9.98 Å². The standard InChI is InChI=1S/C16H20N4/c1-2-8-16(20-12-14-6-4-10-18-14)15(7-1)19-11-13-5-3-9-17-13/h3-6,9-12,15-18H,1-2,7-8H2/t15-,16-/m1/s1. The van der Waals surface area contributed by atoms with E-state index < -0.39 is 0 Å². The smallest absolute Gasteiger partial charge is 0.0723 e. The molecule has 4 nitrogen and oxygen atoms in total. The molecule has 0 aliphatic heterocycles. The highest BCUT2D eigenvalue weighted by atomic mass is 14.9. The highest BCUT2D eigenvalue weighted by Gasteiger charge is 2.23. The Morgan fingerprint density at radius 1 is 0.850 bits per heavy atom. The summed E-state index contributed by atoms with van der Waals surface area (Å²) in [5.74, 6) is 0. The van der Waals surface area contributed by atoms with Crippen LogP contribution >= 0.6 is 0 Å². The molecule has 0 saturated heterocycles. The maximum absolute atomic E-state index is 4.73. The Kier molecular flexibility index (Phi) is 4.11. The average molecular weight is 268 g/mol. The number of nitrogens with one attached hydrogen (secondary N) is 2. The Hall–Kier alpha value is -2.10. The van der Waals surface area contributed by atoms with Crippen molar-refractivity contribution in [3.8, 4) is 0 Å². The largest absolute Gasteiger partial charge is 0.360 e. The van der Waals surface area contributed by atoms with Gasteiger partial charge >= 0.3 is 0 Å². The summed E-state index contributed by atoms with van der Waals surface area (Å²) in [5.41, 5.74) is 2.12. The number of nitrogens with zero attached hydrogens (tertiary/aromatic N) is 2. The quantitative estimate of drug-likeness (QED) is 0.800. The first-order valence-corrected chi connectivity index (χ1v) is 7.25. The van der Waals surface area contributed by atoms with E-state index in [9.17, 15) is 0 Å². The zero-order chi connectivity index (χ0) is 13.6. The third-order valence-corrected chi connectivity index (χ3v) is 3.75. The number of aromatic nitrogens is 2. The van der Waals surface area contributed by atoms with Crippen LogP contribution in [0.1, 0.15) is 37.1 Å². The van der Waals surface area contributed by atoms with Gasteiger partial charge in [0.15, 0.2) is 0 Å². The predicted molar refractivity (Wildman–Crippen MR) is 82.8 cm³/mol. The van der Waals surface area contributed by atoms with Gasteiger partial charge in [0.05, 0.1) is 23.5 Å². The molecule has 3 rings (SSSR count). The normalized spacial score (nSPS) is 23.8. The SMILES string of the molecule is C(=N[C@@H]1CCCC[C@H]1N=Cc1ccc[nH]1)c1ccc[nH]1. The minimum absolute atomic E-state index is 0.304. The van der Waals surface area contributed by atoms with E-state index in [0.717, 1.165) is 24.2 Å². The minimum Gasteiger partial charge on any atom is -0.360 e. The Balaban J connectivity index is 1.67. The number of aromatic amines is 2. The lowest BCUT2D eigenvalue weighted by atomic mass is 9.91. The van der Waals surface area contributed by atoms with Gasteiger partial charge in [0.1, 0.15) is 0 Å². The zero-order valence-electron chi connectivity index (χ0n) is 11.5. The lowest BCUT2D eigenvalue weighted by molar-refractivity contribution is 0.390. The van der Waals surface area contributed by atoms with Crippen LogP contribution in [0.4, 0.5) is 0 Å². The molecule has 104 valence electrons. The molecule has 4 heteroatoms. The first-order valence-electron chi connectivity index (χ1n) is 7.25. The van der Waals surface area contributed by atoms with Crippen LogP contribution in [-0.2, 0) is 0 Å². The molecule has 1 fully saturated rings. The van der Waals surface area contributed by atoms with E-state index >= 15 is 0 Å². The van der Waals surface area contributed by atoms with Crippen molar-refractivity contribution < 1.29 is 0 Å². The molecule has 2 atom stereocenters.